The molecule has 0 aromatic rings. The van der Waals surface area contributed by atoms with Gasteiger partial charge in [-0.1, -0.05) is 42.1 Å². The monoisotopic (exact) mass is 258 g/mol. The Balaban J connectivity index is 1.79. The van der Waals surface area contributed by atoms with Crippen LogP contribution in [-0.2, 0) is 0 Å². The van der Waals surface area contributed by atoms with Crippen molar-refractivity contribution in [3.8, 4) is 0 Å². The fourth-order valence-corrected chi connectivity index (χ4v) is 6.08. The third kappa shape index (κ3) is 1.49. The van der Waals surface area contributed by atoms with Crippen LogP contribution in [0.4, 0.5) is 0 Å². The molecule has 3 saturated carbocycles. The molecule has 0 heterocycles. The highest BCUT2D eigenvalue weighted by atomic mass is 28.3. The van der Waals surface area contributed by atoms with Gasteiger partial charge >= 0.3 is 0 Å². The Bertz CT molecular complexity index is 458. The second kappa shape index (κ2) is 3.23. The maximum atomic E-state index is 2.82. The van der Waals surface area contributed by atoms with Crippen LogP contribution in [0.15, 0.2) is 22.4 Å². The van der Waals surface area contributed by atoms with E-state index in [1.807, 2.05) is 16.3 Å². The topological polar surface area (TPSA) is 0 Å². The van der Waals surface area contributed by atoms with Crippen molar-refractivity contribution in [2.45, 2.75) is 71.0 Å². The smallest absolute Gasteiger partial charge is 0.0720 e. The minimum absolute atomic E-state index is 0.657. The largest absolute Gasteiger partial charge is 0.0840 e. The van der Waals surface area contributed by atoms with Gasteiger partial charge in [0.05, 0.1) is 8.07 Å². The van der Waals surface area contributed by atoms with E-state index in [9.17, 15) is 0 Å². The molecule has 0 aromatic heterocycles. The Morgan fingerprint density at radius 2 is 1.56 bits per heavy atom. The third-order valence-corrected chi connectivity index (χ3v) is 8.38. The van der Waals surface area contributed by atoms with Crippen LogP contribution in [0.3, 0.4) is 0 Å². The summed E-state index contributed by atoms with van der Waals surface area (Å²) in [5.74, 6) is 0. The molecule has 0 atom stereocenters. The Morgan fingerprint density at radius 1 is 0.889 bits per heavy atom. The summed E-state index contributed by atoms with van der Waals surface area (Å²) in [6.07, 6.45) is 14.6. The number of allylic oxidation sites excluding steroid dienone is 4. The quantitative estimate of drug-likeness (QED) is 0.446. The Labute approximate surface area is 113 Å². The normalized spacial score (nSPS) is 31.4. The van der Waals surface area contributed by atoms with Gasteiger partial charge in [-0.2, -0.15) is 0 Å². The van der Waals surface area contributed by atoms with Crippen LogP contribution < -0.4 is 0 Å². The summed E-state index contributed by atoms with van der Waals surface area (Å²) >= 11 is 0. The minimum atomic E-state index is -1.08. The summed E-state index contributed by atoms with van der Waals surface area (Å²) in [5.41, 5.74) is 5.19. The Hall–Kier alpha value is -0.303. The molecule has 0 bridgehead atoms. The van der Waals surface area contributed by atoms with Gasteiger partial charge in [0.1, 0.15) is 0 Å². The third-order valence-electron chi connectivity index (χ3n) is 6.05. The first-order chi connectivity index (χ1) is 8.47. The molecular weight excluding hydrogens is 232 g/mol. The molecule has 0 N–H and O–H groups in total. The second-order valence-corrected chi connectivity index (χ2v) is 13.4. The minimum Gasteiger partial charge on any atom is -0.0840 e. The van der Waals surface area contributed by atoms with Crippen LogP contribution in [0.5, 0.6) is 0 Å². The van der Waals surface area contributed by atoms with Crippen LogP contribution in [0.1, 0.15) is 51.4 Å². The highest BCUT2D eigenvalue weighted by Crippen LogP contribution is 2.77. The molecule has 0 nitrogen and oxygen atoms in total. The lowest BCUT2D eigenvalue weighted by molar-refractivity contribution is 0.406. The van der Waals surface area contributed by atoms with Crippen molar-refractivity contribution >= 4 is 8.07 Å². The van der Waals surface area contributed by atoms with E-state index in [0.717, 1.165) is 0 Å². The lowest BCUT2D eigenvalue weighted by Gasteiger charge is -2.26. The van der Waals surface area contributed by atoms with E-state index < -0.39 is 8.07 Å². The fourth-order valence-electron chi connectivity index (χ4n) is 4.50. The van der Waals surface area contributed by atoms with E-state index in [1.54, 1.807) is 0 Å². The summed E-state index contributed by atoms with van der Waals surface area (Å²) in [4.78, 5) is 0. The highest BCUT2D eigenvalue weighted by molar-refractivity contribution is 6.83. The summed E-state index contributed by atoms with van der Waals surface area (Å²) in [5, 5.41) is 1.89. The zero-order valence-corrected chi connectivity index (χ0v) is 13.2. The number of fused-ring (bicyclic) bond motifs is 1. The summed E-state index contributed by atoms with van der Waals surface area (Å²) in [7, 11) is -1.08. The summed E-state index contributed by atoms with van der Waals surface area (Å²) < 4.78 is 0. The Morgan fingerprint density at radius 3 is 2.00 bits per heavy atom. The number of rotatable bonds is 1. The molecule has 0 radical (unpaired) electrons. The molecule has 0 aliphatic heterocycles. The molecular formula is C17H26Si. The van der Waals surface area contributed by atoms with Gasteiger partial charge in [0.2, 0.25) is 0 Å². The molecule has 0 saturated heterocycles. The SMILES string of the molecule is C[Si](C)(C)C1=CC2(CC2)C2(CC2)C(=C2CC2)CC1. The van der Waals surface area contributed by atoms with Gasteiger partial charge in [0.25, 0.3) is 0 Å². The first-order valence-electron chi connectivity index (χ1n) is 7.91. The standard InChI is InChI=1S/C17H26Si/c1-18(2,3)14-6-7-15(13-4-5-13)17(10-11-17)16(12-14)8-9-16/h12H,4-11H2,1-3H3. The number of hydrogen-bond acceptors (Lipinski definition) is 0. The summed E-state index contributed by atoms with van der Waals surface area (Å²) in [6, 6.07) is 0. The van der Waals surface area contributed by atoms with Gasteiger partial charge in [-0.05, 0) is 56.8 Å². The van der Waals surface area contributed by atoms with E-state index in [1.165, 1.54) is 51.4 Å². The second-order valence-electron chi connectivity index (χ2n) is 8.24. The van der Waals surface area contributed by atoms with Crippen LogP contribution in [0.25, 0.3) is 0 Å². The average molecular weight is 258 g/mol. The molecule has 2 spiro atoms. The Kier molecular flexibility index (Phi) is 2.07. The van der Waals surface area contributed by atoms with Crippen molar-refractivity contribution < 1.29 is 0 Å². The van der Waals surface area contributed by atoms with Crippen molar-refractivity contribution in [3.63, 3.8) is 0 Å². The van der Waals surface area contributed by atoms with Crippen molar-refractivity contribution in [2.24, 2.45) is 10.8 Å². The molecule has 18 heavy (non-hydrogen) atoms. The molecule has 0 amide bonds. The zero-order chi connectivity index (χ0) is 12.6. The van der Waals surface area contributed by atoms with Crippen molar-refractivity contribution in [1.29, 1.82) is 0 Å². The van der Waals surface area contributed by atoms with Crippen LogP contribution in [-0.4, -0.2) is 8.07 Å². The molecule has 4 aliphatic rings. The van der Waals surface area contributed by atoms with Crippen LogP contribution in [0.2, 0.25) is 19.6 Å². The van der Waals surface area contributed by atoms with E-state index >= 15 is 0 Å². The zero-order valence-electron chi connectivity index (χ0n) is 12.2. The van der Waals surface area contributed by atoms with Crippen molar-refractivity contribution in [3.05, 3.63) is 22.4 Å². The van der Waals surface area contributed by atoms with Crippen molar-refractivity contribution in [1.82, 2.24) is 0 Å². The van der Waals surface area contributed by atoms with Gasteiger partial charge in [-0.3, -0.25) is 0 Å². The highest BCUT2D eigenvalue weighted by Gasteiger charge is 2.66. The molecule has 0 unspecified atom stereocenters. The first kappa shape index (κ1) is 11.5. The van der Waals surface area contributed by atoms with Gasteiger partial charge in [0.15, 0.2) is 0 Å². The van der Waals surface area contributed by atoms with Gasteiger partial charge in [0, 0.05) is 5.41 Å². The predicted molar refractivity (Wildman–Crippen MR) is 80.3 cm³/mol. The maximum Gasteiger partial charge on any atom is 0.0720 e. The molecule has 4 aliphatic carbocycles. The molecule has 98 valence electrons. The van der Waals surface area contributed by atoms with E-state index in [2.05, 4.69) is 25.7 Å². The van der Waals surface area contributed by atoms with Gasteiger partial charge in [-0.25, -0.2) is 0 Å². The van der Waals surface area contributed by atoms with Gasteiger partial charge < -0.3 is 0 Å². The van der Waals surface area contributed by atoms with E-state index in [4.69, 9.17) is 0 Å². The molecule has 1 heteroatoms. The lowest BCUT2D eigenvalue weighted by atomic mass is 9.78. The van der Waals surface area contributed by atoms with E-state index in [-0.39, 0.29) is 0 Å². The summed E-state index contributed by atoms with van der Waals surface area (Å²) in [6.45, 7) is 7.64. The van der Waals surface area contributed by atoms with Crippen molar-refractivity contribution in [2.75, 3.05) is 0 Å². The van der Waals surface area contributed by atoms with E-state index in [0.29, 0.717) is 10.8 Å². The lowest BCUT2D eigenvalue weighted by Crippen LogP contribution is -2.25. The molecule has 4 rings (SSSR count). The predicted octanol–water partition coefficient (Wildman–Crippen LogP) is 5.23. The fraction of sp³-hybridized carbons (Fsp3) is 0.765. The molecule has 3 fully saturated rings. The average Bonchev–Trinajstić information content (AvgIpc) is 3.07. The maximum absolute atomic E-state index is 2.82. The van der Waals surface area contributed by atoms with Gasteiger partial charge in [-0.15, -0.1) is 0 Å². The van der Waals surface area contributed by atoms with Crippen LogP contribution >= 0.6 is 0 Å². The van der Waals surface area contributed by atoms with Crippen LogP contribution in [0, 0.1) is 10.8 Å². The molecule has 0 aromatic carbocycles. The number of hydrogen-bond donors (Lipinski definition) is 0. The first-order valence-corrected chi connectivity index (χ1v) is 11.4.